The van der Waals surface area contributed by atoms with E-state index in [2.05, 4.69) is 4.98 Å². The molecule has 34 heavy (non-hydrogen) atoms. The summed E-state index contributed by atoms with van der Waals surface area (Å²) in [5.41, 5.74) is -0.522. The highest BCUT2D eigenvalue weighted by Crippen LogP contribution is 2.31. The summed E-state index contributed by atoms with van der Waals surface area (Å²) in [5, 5.41) is 0.441. The number of piperazine rings is 1. The average molecular weight is 474 g/mol. The Morgan fingerprint density at radius 3 is 2.41 bits per heavy atom. The summed E-state index contributed by atoms with van der Waals surface area (Å²) >= 11 is 0. The number of carbonyl (C=O) groups excluding carboxylic acids is 1. The molecule has 0 spiro atoms. The van der Waals surface area contributed by atoms with Crippen molar-refractivity contribution in [3.05, 3.63) is 74.9 Å². The number of rotatable bonds is 6. The topological polar surface area (TPSA) is 78.4 Å². The lowest BCUT2D eigenvalue weighted by atomic mass is 10.1. The number of aromatic nitrogens is 2. The van der Waals surface area contributed by atoms with Crippen LogP contribution in [0.4, 0.5) is 18.9 Å². The van der Waals surface area contributed by atoms with E-state index in [0.717, 1.165) is 16.7 Å². The molecule has 3 aromatic rings. The Morgan fingerprint density at radius 1 is 0.941 bits per heavy atom. The molecule has 0 aliphatic carbocycles. The number of amides is 1. The molecule has 0 radical (unpaired) electrons. The number of H-pyrrole nitrogens is 1. The molecule has 1 aromatic heterocycles. The number of hydrogen-bond acceptors (Lipinski definition) is 4. The van der Waals surface area contributed by atoms with Crippen molar-refractivity contribution in [1.29, 1.82) is 0 Å². The van der Waals surface area contributed by atoms with Crippen LogP contribution in [0.2, 0.25) is 0 Å². The molecule has 1 fully saturated rings. The number of carbonyl (C=O) groups is 1. The second-order valence-corrected chi connectivity index (χ2v) is 8.31. The summed E-state index contributed by atoms with van der Waals surface area (Å²) in [4.78, 5) is 43.6. The predicted molar refractivity (Wildman–Crippen MR) is 123 cm³/mol. The van der Waals surface area contributed by atoms with Crippen molar-refractivity contribution in [2.45, 2.75) is 32.0 Å². The zero-order valence-corrected chi connectivity index (χ0v) is 18.5. The summed E-state index contributed by atoms with van der Waals surface area (Å²) in [6, 6.07) is 12.0. The van der Waals surface area contributed by atoms with Crippen LogP contribution >= 0.6 is 0 Å². The molecule has 0 unspecified atom stereocenters. The van der Waals surface area contributed by atoms with Gasteiger partial charge in [0.2, 0.25) is 5.91 Å². The van der Waals surface area contributed by atoms with Gasteiger partial charge in [0.25, 0.3) is 5.56 Å². The Kier molecular flexibility index (Phi) is 6.76. The van der Waals surface area contributed by atoms with Gasteiger partial charge in [-0.1, -0.05) is 18.2 Å². The lowest BCUT2D eigenvalue weighted by Crippen LogP contribution is -2.48. The third kappa shape index (κ3) is 5.16. The maximum absolute atomic E-state index is 13.0. The summed E-state index contributed by atoms with van der Waals surface area (Å²) in [5.74, 6) is -0.0385. The molecule has 2 aromatic carbocycles. The van der Waals surface area contributed by atoms with Crippen molar-refractivity contribution in [3.63, 3.8) is 0 Å². The van der Waals surface area contributed by atoms with E-state index in [1.54, 1.807) is 35.2 Å². The van der Waals surface area contributed by atoms with Crippen molar-refractivity contribution in [1.82, 2.24) is 14.5 Å². The maximum atomic E-state index is 13.0. The molecule has 0 bridgehead atoms. The van der Waals surface area contributed by atoms with Crippen LogP contribution in [0.5, 0.6) is 0 Å². The molecule has 2 heterocycles. The molecule has 1 N–H and O–H groups in total. The fourth-order valence-electron chi connectivity index (χ4n) is 4.20. The Balaban J connectivity index is 1.27. The zero-order valence-electron chi connectivity index (χ0n) is 18.5. The molecule has 180 valence electrons. The number of para-hydroxylation sites is 1. The van der Waals surface area contributed by atoms with E-state index in [1.807, 2.05) is 4.90 Å². The number of alkyl halides is 3. The quantitative estimate of drug-likeness (QED) is 0.557. The molecule has 0 saturated carbocycles. The Hall–Kier alpha value is -3.56. The molecule has 1 saturated heterocycles. The molecule has 1 aliphatic heterocycles. The third-order valence-corrected chi connectivity index (χ3v) is 6.08. The largest absolute Gasteiger partial charge is 0.416 e. The lowest BCUT2D eigenvalue weighted by Gasteiger charge is -2.36. The van der Waals surface area contributed by atoms with Gasteiger partial charge in [-0.2, -0.15) is 13.2 Å². The zero-order chi connectivity index (χ0) is 24.3. The van der Waals surface area contributed by atoms with Crippen molar-refractivity contribution < 1.29 is 18.0 Å². The van der Waals surface area contributed by atoms with Crippen LogP contribution in [-0.4, -0.2) is 46.5 Å². The molecular formula is C24H25F3N4O3. The highest BCUT2D eigenvalue weighted by Gasteiger charge is 2.31. The minimum absolute atomic E-state index is 0.0385. The number of unbranched alkanes of at least 4 members (excludes halogenated alkanes) is 1. The highest BCUT2D eigenvalue weighted by atomic mass is 19.4. The van der Waals surface area contributed by atoms with E-state index in [1.165, 1.54) is 6.07 Å². The van der Waals surface area contributed by atoms with E-state index in [0.29, 0.717) is 55.6 Å². The number of aromatic amines is 1. The van der Waals surface area contributed by atoms with Gasteiger partial charge in [-0.15, -0.1) is 0 Å². The summed E-state index contributed by atoms with van der Waals surface area (Å²) < 4.78 is 40.0. The molecular weight excluding hydrogens is 449 g/mol. The van der Waals surface area contributed by atoms with E-state index in [-0.39, 0.29) is 24.4 Å². The number of nitrogens with one attached hydrogen (secondary N) is 1. The lowest BCUT2D eigenvalue weighted by molar-refractivity contribution is -0.137. The number of halogens is 3. The Bertz CT molecular complexity index is 1290. The Labute approximate surface area is 193 Å². The minimum Gasteiger partial charge on any atom is -0.368 e. The van der Waals surface area contributed by atoms with Gasteiger partial charge in [0.05, 0.1) is 16.5 Å². The third-order valence-electron chi connectivity index (χ3n) is 6.08. The van der Waals surface area contributed by atoms with Gasteiger partial charge in [0, 0.05) is 44.8 Å². The van der Waals surface area contributed by atoms with E-state index >= 15 is 0 Å². The van der Waals surface area contributed by atoms with Gasteiger partial charge in [-0.25, -0.2) is 4.79 Å². The summed E-state index contributed by atoms with van der Waals surface area (Å²) in [7, 11) is 0. The van der Waals surface area contributed by atoms with Gasteiger partial charge in [-0.05, 0) is 43.2 Å². The smallest absolute Gasteiger partial charge is 0.368 e. The van der Waals surface area contributed by atoms with Crippen LogP contribution in [0.3, 0.4) is 0 Å². The van der Waals surface area contributed by atoms with Gasteiger partial charge in [0.15, 0.2) is 0 Å². The predicted octanol–water partition coefficient (Wildman–Crippen LogP) is 3.23. The second-order valence-electron chi connectivity index (χ2n) is 8.31. The van der Waals surface area contributed by atoms with Crippen molar-refractivity contribution in [3.8, 4) is 0 Å². The summed E-state index contributed by atoms with van der Waals surface area (Å²) in [6.07, 6.45) is -3.09. The monoisotopic (exact) mass is 474 g/mol. The highest BCUT2D eigenvalue weighted by molar-refractivity contribution is 5.77. The molecule has 7 nitrogen and oxygen atoms in total. The standard InChI is InChI=1S/C24H25F3N4O3/c25-24(26,27)17-6-5-7-18(16-17)29-12-14-30(15-13-29)21(32)10-3-4-11-31-22(33)19-8-1-2-9-20(19)28-23(31)34/h1-2,5-9,16H,3-4,10-15H2,(H,28,34). The van der Waals surface area contributed by atoms with Crippen LogP contribution in [0.1, 0.15) is 24.8 Å². The average Bonchev–Trinajstić information content (AvgIpc) is 2.83. The molecule has 1 amide bonds. The van der Waals surface area contributed by atoms with Gasteiger partial charge >= 0.3 is 11.9 Å². The van der Waals surface area contributed by atoms with Crippen molar-refractivity contribution in [2.24, 2.45) is 0 Å². The number of anilines is 1. The van der Waals surface area contributed by atoms with E-state index < -0.39 is 17.4 Å². The van der Waals surface area contributed by atoms with Crippen LogP contribution < -0.4 is 16.1 Å². The number of nitrogens with zero attached hydrogens (tertiary/aromatic N) is 3. The van der Waals surface area contributed by atoms with Crippen LogP contribution in [0.25, 0.3) is 10.9 Å². The first-order chi connectivity index (χ1) is 16.2. The number of benzene rings is 2. The fourth-order valence-corrected chi connectivity index (χ4v) is 4.20. The van der Waals surface area contributed by atoms with Crippen molar-refractivity contribution in [2.75, 3.05) is 31.1 Å². The van der Waals surface area contributed by atoms with Crippen LogP contribution in [-0.2, 0) is 17.5 Å². The van der Waals surface area contributed by atoms with E-state index in [9.17, 15) is 27.6 Å². The van der Waals surface area contributed by atoms with E-state index in [4.69, 9.17) is 0 Å². The fraction of sp³-hybridized carbons (Fsp3) is 0.375. The number of hydrogen-bond donors (Lipinski definition) is 1. The number of fused-ring (bicyclic) bond motifs is 1. The molecule has 4 rings (SSSR count). The first kappa shape index (κ1) is 23.6. The SMILES string of the molecule is O=C(CCCCn1c(=O)[nH]c2ccccc2c1=O)N1CCN(c2cccc(C(F)(F)F)c2)CC1. The first-order valence-electron chi connectivity index (χ1n) is 11.2. The van der Waals surface area contributed by atoms with Gasteiger partial charge in [0.1, 0.15) is 0 Å². The van der Waals surface area contributed by atoms with Gasteiger partial charge in [-0.3, -0.25) is 14.2 Å². The maximum Gasteiger partial charge on any atom is 0.416 e. The minimum atomic E-state index is -4.39. The normalized spacial score (nSPS) is 14.6. The first-order valence-corrected chi connectivity index (χ1v) is 11.2. The molecule has 1 aliphatic rings. The second kappa shape index (κ2) is 9.74. The van der Waals surface area contributed by atoms with Gasteiger partial charge < -0.3 is 14.8 Å². The summed E-state index contributed by atoms with van der Waals surface area (Å²) in [6.45, 7) is 1.98. The van der Waals surface area contributed by atoms with Crippen LogP contribution in [0, 0.1) is 0 Å². The van der Waals surface area contributed by atoms with Crippen LogP contribution in [0.15, 0.2) is 58.1 Å². The molecule has 10 heteroatoms. The van der Waals surface area contributed by atoms with Crippen molar-refractivity contribution >= 4 is 22.5 Å². The molecule has 0 atom stereocenters. The Morgan fingerprint density at radius 2 is 1.68 bits per heavy atom.